The Hall–Kier alpha value is -1.46. The third kappa shape index (κ3) is 1.71. The zero-order valence-corrected chi connectivity index (χ0v) is 10.2. The molecule has 0 unspecified atom stereocenters. The average Bonchev–Trinajstić information content (AvgIpc) is 2.56. The molecule has 17 heavy (non-hydrogen) atoms. The van der Waals surface area contributed by atoms with Crippen molar-refractivity contribution in [3.05, 3.63) is 34.5 Å². The van der Waals surface area contributed by atoms with Crippen LogP contribution >= 0.6 is 11.6 Å². The number of fused-ring (bicyclic) bond motifs is 3. The first kappa shape index (κ1) is 10.7. The number of H-pyrrole nitrogens is 1. The fraction of sp³-hybridized carbons (Fsp3) is 0.357. The molecule has 0 amide bonds. The van der Waals surface area contributed by atoms with Crippen LogP contribution in [0.3, 0.4) is 0 Å². The van der Waals surface area contributed by atoms with Crippen LogP contribution in [0.1, 0.15) is 36.4 Å². The topological polar surface area (TPSA) is 39.6 Å². The molecule has 0 aliphatic heterocycles. The molecule has 2 aromatic rings. The molecular formula is C14H13ClN2. The Morgan fingerprint density at radius 3 is 3.06 bits per heavy atom. The molecule has 0 spiro atoms. The first-order valence-corrected chi connectivity index (χ1v) is 6.37. The number of aromatic nitrogens is 1. The summed E-state index contributed by atoms with van der Waals surface area (Å²) in [5.41, 5.74) is 3.51. The molecular weight excluding hydrogens is 232 g/mol. The van der Waals surface area contributed by atoms with Crippen molar-refractivity contribution in [2.45, 2.75) is 31.6 Å². The monoisotopic (exact) mass is 244 g/mol. The fourth-order valence-electron chi connectivity index (χ4n) is 2.73. The highest BCUT2D eigenvalue weighted by molar-refractivity contribution is 6.31. The van der Waals surface area contributed by atoms with Crippen molar-refractivity contribution < 1.29 is 0 Å². The van der Waals surface area contributed by atoms with E-state index in [1.54, 1.807) is 0 Å². The Morgan fingerprint density at radius 1 is 1.35 bits per heavy atom. The van der Waals surface area contributed by atoms with Gasteiger partial charge < -0.3 is 4.98 Å². The van der Waals surface area contributed by atoms with Gasteiger partial charge in [-0.05, 0) is 43.0 Å². The molecule has 2 nitrogen and oxygen atoms in total. The molecule has 86 valence electrons. The van der Waals surface area contributed by atoms with Gasteiger partial charge in [-0.25, -0.2) is 0 Å². The second-order valence-corrected chi connectivity index (χ2v) is 5.07. The van der Waals surface area contributed by atoms with Gasteiger partial charge in [0.1, 0.15) is 0 Å². The van der Waals surface area contributed by atoms with E-state index in [1.165, 1.54) is 10.9 Å². The molecule has 1 atom stereocenters. The van der Waals surface area contributed by atoms with Crippen LogP contribution in [-0.4, -0.2) is 4.98 Å². The zero-order chi connectivity index (χ0) is 11.8. The molecule has 1 heterocycles. The van der Waals surface area contributed by atoms with Crippen LogP contribution in [-0.2, 0) is 6.42 Å². The lowest BCUT2D eigenvalue weighted by atomic mass is 10.0. The largest absolute Gasteiger partial charge is 0.357 e. The van der Waals surface area contributed by atoms with Crippen molar-refractivity contribution in [2.24, 2.45) is 0 Å². The summed E-state index contributed by atoms with van der Waals surface area (Å²) in [5.74, 6) is 0.0127. The van der Waals surface area contributed by atoms with Crippen LogP contribution in [0.4, 0.5) is 0 Å². The smallest absolute Gasteiger partial charge is 0.0865 e. The molecule has 3 rings (SSSR count). The zero-order valence-electron chi connectivity index (χ0n) is 9.46. The van der Waals surface area contributed by atoms with Crippen molar-refractivity contribution in [2.75, 3.05) is 0 Å². The van der Waals surface area contributed by atoms with Gasteiger partial charge in [-0.1, -0.05) is 18.0 Å². The quantitative estimate of drug-likeness (QED) is 0.695. The lowest BCUT2D eigenvalue weighted by molar-refractivity contribution is 0.670. The number of hydrogen-bond acceptors (Lipinski definition) is 1. The molecule has 0 radical (unpaired) electrons. The van der Waals surface area contributed by atoms with E-state index >= 15 is 0 Å². The number of hydrogen-bond donors (Lipinski definition) is 1. The summed E-state index contributed by atoms with van der Waals surface area (Å²) in [6.07, 6.45) is 4.30. The summed E-state index contributed by atoms with van der Waals surface area (Å²) in [7, 11) is 0. The van der Waals surface area contributed by atoms with Gasteiger partial charge in [0.15, 0.2) is 0 Å². The number of aryl methyl sites for hydroxylation is 1. The van der Waals surface area contributed by atoms with E-state index in [1.807, 2.05) is 18.2 Å². The number of nitriles is 1. The second-order valence-electron chi connectivity index (χ2n) is 4.63. The van der Waals surface area contributed by atoms with E-state index in [-0.39, 0.29) is 5.92 Å². The molecule has 0 bridgehead atoms. The fourth-order valence-corrected chi connectivity index (χ4v) is 2.90. The van der Waals surface area contributed by atoms with Gasteiger partial charge in [0.25, 0.3) is 0 Å². The summed E-state index contributed by atoms with van der Waals surface area (Å²) in [6.45, 7) is 0. The van der Waals surface area contributed by atoms with Gasteiger partial charge in [-0.2, -0.15) is 5.26 Å². The molecule has 1 aliphatic rings. The Kier molecular flexibility index (Phi) is 2.57. The van der Waals surface area contributed by atoms with Crippen molar-refractivity contribution >= 4 is 22.5 Å². The van der Waals surface area contributed by atoms with Crippen molar-refractivity contribution in [1.29, 1.82) is 5.26 Å². The minimum Gasteiger partial charge on any atom is -0.357 e. The maximum atomic E-state index is 9.25. The van der Waals surface area contributed by atoms with Crippen LogP contribution in [0.25, 0.3) is 10.9 Å². The number of aromatic amines is 1. The number of halogens is 1. The van der Waals surface area contributed by atoms with E-state index in [9.17, 15) is 5.26 Å². The van der Waals surface area contributed by atoms with Crippen molar-refractivity contribution in [1.82, 2.24) is 4.98 Å². The summed E-state index contributed by atoms with van der Waals surface area (Å²) in [4.78, 5) is 3.40. The molecule has 0 saturated heterocycles. The number of rotatable bonds is 0. The number of nitrogens with zero attached hydrogens (tertiary/aromatic N) is 1. The lowest BCUT2D eigenvalue weighted by Gasteiger charge is -2.04. The predicted molar refractivity (Wildman–Crippen MR) is 69.2 cm³/mol. The standard InChI is InChI=1S/C14H13ClN2/c15-10-5-6-13-12(7-10)11-4-2-1-3-9(8-16)14(11)17-13/h5-7,9,17H,1-4H2/t9-/m0/s1. The second kappa shape index (κ2) is 4.09. The van der Waals surface area contributed by atoms with Gasteiger partial charge in [0, 0.05) is 21.6 Å². The Bertz CT molecular complexity index is 606. The van der Waals surface area contributed by atoms with Crippen molar-refractivity contribution in [3.8, 4) is 6.07 Å². The highest BCUT2D eigenvalue weighted by atomic mass is 35.5. The maximum Gasteiger partial charge on any atom is 0.0865 e. The van der Waals surface area contributed by atoms with E-state index in [2.05, 4.69) is 11.1 Å². The highest BCUT2D eigenvalue weighted by Gasteiger charge is 2.22. The molecule has 1 N–H and O–H groups in total. The van der Waals surface area contributed by atoms with Gasteiger partial charge >= 0.3 is 0 Å². The highest BCUT2D eigenvalue weighted by Crippen LogP contribution is 2.35. The molecule has 1 aliphatic carbocycles. The minimum atomic E-state index is 0.0127. The van der Waals surface area contributed by atoms with E-state index in [4.69, 9.17) is 11.6 Å². The predicted octanol–water partition coefficient (Wildman–Crippen LogP) is 4.15. The first-order valence-electron chi connectivity index (χ1n) is 5.99. The normalized spacial score (nSPS) is 19.6. The Labute approximate surface area is 105 Å². The summed E-state index contributed by atoms with van der Waals surface area (Å²) in [6, 6.07) is 8.31. The van der Waals surface area contributed by atoms with Gasteiger partial charge in [-0.3, -0.25) is 0 Å². The average molecular weight is 245 g/mol. The van der Waals surface area contributed by atoms with Crippen LogP contribution in [0.15, 0.2) is 18.2 Å². The lowest BCUT2D eigenvalue weighted by Crippen LogP contribution is -1.96. The van der Waals surface area contributed by atoms with E-state index in [0.29, 0.717) is 0 Å². The first-order chi connectivity index (χ1) is 8.29. The van der Waals surface area contributed by atoms with Crippen LogP contribution in [0.2, 0.25) is 5.02 Å². The molecule has 1 aromatic carbocycles. The SMILES string of the molecule is N#C[C@@H]1CCCCc2c1[nH]c1ccc(Cl)cc21. The number of nitrogens with one attached hydrogen (secondary N) is 1. The summed E-state index contributed by atoms with van der Waals surface area (Å²) < 4.78 is 0. The van der Waals surface area contributed by atoms with Crippen molar-refractivity contribution in [3.63, 3.8) is 0 Å². The third-order valence-corrected chi connectivity index (χ3v) is 3.81. The minimum absolute atomic E-state index is 0.0127. The Balaban J connectivity index is 2.26. The van der Waals surface area contributed by atoms with Gasteiger partial charge in [-0.15, -0.1) is 0 Å². The summed E-state index contributed by atoms with van der Waals surface area (Å²) in [5, 5.41) is 11.2. The molecule has 0 fully saturated rings. The van der Waals surface area contributed by atoms with Crippen LogP contribution in [0, 0.1) is 11.3 Å². The maximum absolute atomic E-state index is 9.25. The Morgan fingerprint density at radius 2 is 2.24 bits per heavy atom. The van der Waals surface area contributed by atoms with E-state index < -0.39 is 0 Å². The molecule has 0 saturated carbocycles. The molecule has 1 aromatic heterocycles. The molecule has 3 heteroatoms. The van der Waals surface area contributed by atoms with Crippen LogP contribution in [0.5, 0.6) is 0 Å². The third-order valence-electron chi connectivity index (χ3n) is 3.58. The van der Waals surface area contributed by atoms with E-state index in [0.717, 1.165) is 41.9 Å². The van der Waals surface area contributed by atoms with Gasteiger partial charge in [0.05, 0.1) is 12.0 Å². The van der Waals surface area contributed by atoms with Gasteiger partial charge in [0.2, 0.25) is 0 Å². The number of benzene rings is 1. The summed E-state index contributed by atoms with van der Waals surface area (Å²) >= 11 is 6.05. The van der Waals surface area contributed by atoms with Crippen LogP contribution < -0.4 is 0 Å².